The second kappa shape index (κ2) is 8.13. The molecule has 2 saturated heterocycles. The molecule has 2 N–H and O–H groups in total. The molecule has 8 heteroatoms. The highest BCUT2D eigenvalue weighted by atomic mass is 35.5. The van der Waals surface area contributed by atoms with Gasteiger partial charge >= 0.3 is 6.03 Å². The molecule has 5 rings (SSSR count). The number of aryl methyl sites for hydroxylation is 1. The van der Waals surface area contributed by atoms with Crippen molar-refractivity contribution in [1.29, 1.82) is 0 Å². The summed E-state index contributed by atoms with van der Waals surface area (Å²) in [5, 5.41) is 6.24. The number of hydrogen-bond donors (Lipinski definition) is 2. The number of amides is 4. The van der Waals surface area contributed by atoms with E-state index in [0.29, 0.717) is 23.6 Å². The lowest BCUT2D eigenvalue weighted by Gasteiger charge is -2.30. The van der Waals surface area contributed by atoms with E-state index < -0.39 is 17.5 Å². The molecule has 1 aliphatic carbocycles. The van der Waals surface area contributed by atoms with Crippen molar-refractivity contribution in [3.8, 4) is 0 Å². The minimum atomic E-state index is -1.07. The van der Waals surface area contributed by atoms with Crippen molar-refractivity contribution in [3.05, 3.63) is 58.6 Å². The van der Waals surface area contributed by atoms with Crippen LogP contribution in [0.2, 0.25) is 5.02 Å². The van der Waals surface area contributed by atoms with Gasteiger partial charge in [0.2, 0.25) is 5.91 Å². The molecule has 0 bridgehead atoms. The highest BCUT2D eigenvalue weighted by molar-refractivity contribution is 6.31. The molecule has 2 heterocycles. The molecule has 3 aliphatic rings. The SMILES string of the molecule is O=C(CN1C(=O)N[C@]2(CCc3ccccc32)C1=O)Nc1cc(Cl)ccc1N1CCCCC1. The molecule has 0 unspecified atom stereocenters. The highest BCUT2D eigenvalue weighted by Gasteiger charge is 2.55. The number of fused-ring (bicyclic) bond motifs is 2. The predicted octanol–water partition coefficient (Wildman–Crippen LogP) is 3.66. The lowest BCUT2D eigenvalue weighted by molar-refractivity contribution is -0.134. The standard InChI is InChI=1S/C24H25ClN4O3/c25-17-8-9-20(28-12-4-1-5-13-28)19(14-17)26-21(30)15-29-22(31)24(27-23(29)32)11-10-16-6-2-3-7-18(16)24/h2-3,6-9,14H,1,4-5,10-13,15H2,(H,26,30)(H,27,32)/t24-/m0/s1. The summed E-state index contributed by atoms with van der Waals surface area (Å²) in [6.07, 6.45) is 4.61. The minimum Gasteiger partial charge on any atom is -0.370 e. The summed E-state index contributed by atoms with van der Waals surface area (Å²) in [6.45, 7) is 1.49. The number of piperidine rings is 1. The van der Waals surface area contributed by atoms with Gasteiger partial charge in [0, 0.05) is 18.1 Å². The Balaban J connectivity index is 1.34. The molecule has 166 valence electrons. The van der Waals surface area contributed by atoms with Crippen molar-refractivity contribution < 1.29 is 14.4 Å². The third kappa shape index (κ3) is 3.50. The van der Waals surface area contributed by atoms with E-state index in [1.165, 1.54) is 6.42 Å². The second-order valence-corrected chi connectivity index (χ2v) is 9.08. The van der Waals surface area contributed by atoms with E-state index >= 15 is 0 Å². The zero-order valence-corrected chi connectivity index (χ0v) is 18.5. The van der Waals surface area contributed by atoms with Crippen LogP contribution in [0.3, 0.4) is 0 Å². The van der Waals surface area contributed by atoms with Gasteiger partial charge in [-0.05, 0) is 61.4 Å². The fourth-order valence-electron chi connectivity index (χ4n) is 5.09. The molecule has 32 heavy (non-hydrogen) atoms. The summed E-state index contributed by atoms with van der Waals surface area (Å²) in [5.41, 5.74) is 2.31. The number of carbonyl (C=O) groups is 3. The van der Waals surface area contributed by atoms with Crippen LogP contribution in [0.4, 0.5) is 16.2 Å². The smallest absolute Gasteiger partial charge is 0.325 e. The number of rotatable bonds is 4. The molecule has 1 spiro atoms. The maximum atomic E-state index is 13.3. The van der Waals surface area contributed by atoms with Crippen LogP contribution < -0.4 is 15.5 Å². The zero-order valence-electron chi connectivity index (χ0n) is 17.7. The first-order valence-electron chi connectivity index (χ1n) is 11.0. The number of benzene rings is 2. The monoisotopic (exact) mass is 452 g/mol. The van der Waals surface area contributed by atoms with Gasteiger partial charge in [0.15, 0.2) is 0 Å². The maximum Gasteiger partial charge on any atom is 0.325 e. The van der Waals surface area contributed by atoms with Gasteiger partial charge in [-0.2, -0.15) is 0 Å². The van der Waals surface area contributed by atoms with Gasteiger partial charge < -0.3 is 15.5 Å². The molecule has 1 atom stereocenters. The van der Waals surface area contributed by atoms with E-state index in [1.807, 2.05) is 30.3 Å². The first-order chi connectivity index (χ1) is 15.5. The van der Waals surface area contributed by atoms with Crippen LogP contribution in [-0.4, -0.2) is 42.4 Å². The number of urea groups is 1. The first-order valence-corrected chi connectivity index (χ1v) is 11.4. The Bertz CT molecular complexity index is 1100. The molecule has 4 amide bonds. The van der Waals surface area contributed by atoms with Crippen LogP contribution in [-0.2, 0) is 21.5 Å². The van der Waals surface area contributed by atoms with E-state index in [2.05, 4.69) is 15.5 Å². The van der Waals surface area contributed by atoms with Gasteiger partial charge in [-0.3, -0.25) is 14.5 Å². The minimum absolute atomic E-state index is 0.347. The maximum absolute atomic E-state index is 13.3. The first kappa shape index (κ1) is 20.8. The summed E-state index contributed by atoms with van der Waals surface area (Å²) in [5.74, 6) is -0.803. The average molecular weight is 453 g/mol. The Morgan fingerprint density at radius 3 is 2.69 bits per heavy atom. The predicted molar refractivity (Wildman–Crippen MR) is 123 cm³/mol. The second-order valence-electron chi connectivity index (χ2n) is 8.64. The molecule has 0 saturated carbocycles. The van der Waals surface area contributed by atoms with Gasteiger partial charge in [-0.15, -0.1) is 0 Å². The van der Waals surface area contributed by atoms with Crippen molar-refractivity contribution in [2.75, 3.05) is 29.9 Å². The number of nitrogens with zero attached hydrogens (tertiary/aromatic N) is 2. The van der Waals surface area contributed by atoms with Gasteiger partial charge in [0.1, 0.15) is 12.1 Å². The van der Waals surface area contributed by atoms with E-state index in [1.54, 1.807) is 12.1 Å². The summed E-state index contributed by atoms with van der Waals surface area (Å²) in [6, 6.07) is 12.5. The Kier molecular flexibility index (Phi) is 5.29. The third-order valence-electron chi connectivity index (χ3n) is 6.65. The van der Waals surface area contributed by atoms with Crippen molar-refractivity contribution in [2.24, 2.45) is 0 Å². The fraction of sp³-hybridized carbons (Fsp3) is 0.375. The number of carbonyl (C=O) groups excluding carboxylic acids is 3. The largest absolute Gasteiger partial charge is 0.370 e. The van der Waals surface area contributed by atoms with E-state index in [0.717, 1.165) is 47.6 Å². The molecular formula is C24H25ClN4O3. The van der Waals surface area contributed by atoms with E-state index in [-0.39, 0.29) is 12.5 Å². The summed E-state index contributed by atoms with van der Waals surface area (Å²) >= 11 is 6.19. The molecular weight excluding hydrogens is 428 g/mol. The Hall–Kier alpha value is -3.06. The molecule has 2 aliphatic heterocycles. The Labute approximate surface area is 191 Å². The molecule has 0 radical (unpaired) electrons. The zero-order chi connectivity index (χ0) is 22.3. The summed E-state index contributed by atoms with van der Waals surface area (Å²) in [4.78, 5) is 42.1. The number of imide groups is 1. The van der Waals surface area contributed by atoms with E-state index in [9.17, 15) is 14.4 Å². The number of hydrogen-bond acceptors (Lipinski definition) is 4. The highest BCUT2D eigenvalue weighted by Crippen LogP contribution is 2.41. The van der Waals surface area contributed by atoms with Crippen LogP contribution in [0.25, 0.3) is 0 Å². The molecule has 2 fully saturated rings. The fourth-order valence-corrected chi connectivity index (χ4v) is 5.26. The quantitative estimate of drug-likeness (QED) is 0.693. The Morgan fingerprint density at radius 1 is 1.09 bits per heavy atom. The van der Waals surface area contributed by atoms with Gasteiger partial charge in [0.05, 0.1) is 11.4 Å². The lowest BCUT2D eigenvalue weighted by atomic mass is 9.92. The van der Waals surface area contributed by atoms with Gasteiger partial charge in [-0.25, -0.2) is 4.79 Å². The lowest BCUT2D eigenvalue weighted by Crippen LogP contribution is -2.43. The topological polar surface area (TPSA) is 81.8 Å². The van der Waals surface area contributed by atoms with Crippen LogP contribution >= 0.6 is 11.6 Å². The van der Waals surface area contributed by atoms with Crippen molar-refractivity contribution in [1.82, 2.24) is 10.2 Å². The number of halogens is 1. The van der Waals surface area contributed by atoms with Gasteiger partial charge in [0.25, 0.3) is 5.91 Å². The molecule has 2 aromatic rings. The van der Waals surface area contributed by atoms with Crippen LogP contribution in [0.15, 0.2) is 42.5 Å². The van der Waals surface area contributed by atoms with Crippen LogP contribution in [0.5, 0.6) is 0 Å². The van der Waals surface area contributed by atoms with Crippen molar-refractivity contribution >= 4 is 40.8 Å². The van der Waals surface area contributed by atoms with E-state index in [4.69, 9.17) is 11.6 Å². The molecule has 2 aromatic carbocycles. The summed E-state index contributed by atoms with van der Waals surface area (Å²) in [7, 11) is 0. The Morgan fingerprint density at radius 2 is 1.88 bits per heavy atom. The average Bonchev–Trinajstić information content (AvgIpc) is 3.28. The number of nitrogens with one attached hydrogen (secondary N) is 2. The third-order valence-corrected chi connectivity index (χ3v) is 6.89. The van der Waals surface area contributed by atoms with Crippen molar-refractivity contribution in [2.45, 2.75) is 37.6 Å². The molecule has 7 nitrogen and oxygen atoms in total. The number of anilines is 2. The normalized spacial score (nSPS) is 22.3. The van der Waals surface area contributed by atoms with Gasteiger partial charge in [-0.1, -0.05) is 35.9 Å². The van der Waals surface area contributed by atoms with Crippen molar-refractivity contribution in [3.63, 3.8) is 0 Å². The molecule has 0 aromatic heterocycles. The van der Waals surface area contributed by atoms with Crippen LogP contribution in [0.1, 0.15) is 36.8 Å². The van der Waals surface area contributed by atoms with Crippen LogP contribution in [0, 0.1) is 0 Å². The summed E-state index contributed by atoms with van der Waals surface area (Å²) < 4.78 is 0.